The van der Waals surface area contributed by atoms with Crippen molar-refractivity contribution >= 4 is 11.8 Å². The normalized spacial score (nSPS) is 17.0. The van der Waals surface area contributed by atoms with Crippen LogP contribution >= 0.6 is 0 Å². The molecule has 3 rings (SSSR count). The van der Waals surface area contributed by atoms with Gasteiger partial charge in [-0.05, 0) is 29.7 Å². The molecule has 1 aliphatic heterocycles. The standard InChI is InChI=1S/C20H24N4O2/c1-2-15-6-8-16(9-7-15)18-13-21-11-12-24(18)19(25)14-23-20(26)17-5-3-4-10-22-17/h3-10,18,21H,2,11-14H2,1H3,(H,23,26). The third kappa shape index (κ3) is 4.26. The maximum absolute atomic E-state index is 12.7. The third-order valence-corrected chi connectivity index (χ3v) is 4.63. The van der Waals surface area contributed by atoms with Gasteiger partial charge in [-0.25, -0.2) is 0 Å². The predicted molar refractivity (Wildman–Crippen MR) is 99.7 cm³/mol. The van der Waals surface area contributed by atoms with Crippen molar-refractivity contribution in [3.05, 3.63) is 65.5 Å². The van der Waals surface area contributed by atoms with Crippen LogP contribution in [-0.4, -0.2) is 47.9 Å². The molecule has 136 valence electrons. The molecule has 0 bridgehead atoms. The van der Waals surface area contributed by atoms with Gasteiger partial charge in [0.2, 0.25) is 5.91 Å². The zero-order valence-electron chi connectivity index (χ0n) is 14.9. The first kappa shape index (κ1) is 18.1. The van der Waals surface area contributed by atoms with Crippen LogP contribution in [0.1, 0.15) is 34.6 Å². The van der Waals surface area contributed by atoms with Gasteiger partial charge in [-0.1, -0.05) is 37.3 Å². The summed E-state index contributed by atoms with van der Waals surface area (Å²) in [5, 5.41) is 6.02. The Balaban J connectivity index is 1.64. The van der Waals surface area contributed by atoms with Gasteiger partial charge in [0.1, 0.15) is 5.69 Å². The number of rotatable bonds is 5. The molecule has 0 spiro atoms. The van der Waals surface area contributed by atoms with E-state index in [4.69, 9.17) is 0 Å². The summed E-state index contributed by atoms with van der Waals surface area (Å²) in [6.07, 6.45) is 2.55. The van der Waals surface area contributed by atoms with E-state index in [1.807, 2.05) is 4.90 Å². The third-order valence-electron chi connectivity index (χ3n) is 4.63. The number of benzene rings is 1. The fourth-order valence-electron chi connectivity index (χ4n) is 3.12. The largest absolute Gasteiger partial charge is 0.342 e. The first-order valence-corrected chi connectivity index (χ1v) is 8.97. The second-order valence-corrected chi connectivity index (χ2v) is 6.30. The number of nitrogens with zero attached hydrogens (tertiary/aromatic N) is 2. The number of aryl methyl sites for hydroxylation is 1. The summed E-state index contributed by atoms with van der Waals surface area (Å²) in [4.78, 5) is 30.6. The second kappa shape index (κ2) is 8.58. The fraction of sp³-hybridized carbons (Fsp3) is 0.350. The number of hydrogen-bond donors (Lipinski definition) is 2. The van der Waals surface area contributed by atoms with Crippen LogP contribution in [0.15, 0.2) is 48.7 Å². The molecule has 1 saturated heterocycles. The molecular formula is C20H24N4O2. The van der Waals surface area contributed by atoms with Gasteiger partial charge in [0.05, 0.1) is 12.6 Å². The van der Waals surface area contributed by atoms with Crippen LogP contribution in [0.2, 0.25) is 0 Å². The molecule has 6 nitrogen and oxygen atoms in total. The fourth-order valence-corrected chi connectivity index (χ4v) is 3.12. The lowest BCUT2D eigenvalue weighted by atomic mass is 10.0. The molecule has 2 N–H and O–H groups in total. The van der Waals surface area contributed by atoms with E-state index in [1.165, 1.54) is 5.56 Å². The lowest BCUT2D eigenvalue weighted by molar-refractivity contribution is -0.133. The molecule has 0 radical (unpaired) electrons. The minimum Gasteiger partial charge on any atom is -0.342 e. The number of piperazine rings is 1. The van der Waals surface area contributed by atoms with Crippen molar-refractivity contribution in [1.29, 1.82) is 0 Å². The lowest BCUT2D eigenvalue weighted by Gasteiger charge is -2.36. The molecule has 2 amide bonds. The topological polar surface area (TPSA) is 74.3 Å². The summed E-state index contributed by atoms with van der Waals surface area (Å²) in [5.41, 5.74) is 2.70. The molecule has 1 aromatic heterocycles. The highest BCUT2D eigenvalue weighted by Crippen LogP contribution is 2.22. The molecule has 2 heterocycles. The first-order valence-electron chi connectivity index (χ1n) is 8.97. The molecule has 1 unspecified atom stereocenters. The van der Waals surface area contributed by atoms with Crippen molar-refractivity contribution in [3.63, 3.8) is 0 Å². The van der Waals surface area contributed by atoms with E-state index in [-0.39, 0.29) is 24.4 Å². The van der Waals surface area contributed by atoms with Crippen LogP contribution in [0.5, 0.6) is 0 Å². The number of nitrogens with one attached hydrogen (secondary N) is 2. The molecule has 1 aromatic carbocycles. The maximum Gasteiger partial charge on any atom is 0.270 e. The summed E-state index contributed by atoms with van der Waals surface area (Å²) in [7, 11) is 0. The van der Waals surface area contributed by atoms with Crippen LogP contribution in [0, 0.1) is 0 Å². The van der Waals surface area contributed by atoms with Crippen molar-refractivity contribution in [2.24, 2.45) is 0 Å². The van der Waals surface area contributed by atoms with Gasteiger partial charge < -0.3 is 15.5 Å². The number of pyridine rings is 1. The molecule has 0 saturated carbocycles. The van der Waals surface area contributed by atoms with E-state index in [9.17, 15) is 9.59 Å². The van der Waals surface area contributed by atoms with E-state index in [1.54, 1.807) is 24.4 Å². The van der Waals surface area contributed by atoms with Gasteiger partial charge >= 0.3 is 0 Å². The Kier molecular flexibility index (Phi) is 5.96. The van der Waals surface area contributed by atoms with Gasteiger partial charge in [0, 0.05) is 25.8 Å². The first-order chi connectivity index (χ1) is 12.7. The Morgan fingerprint density at radius 2 is 2.04 bits per heavy atom. The number of amides is 2. The summed E-state index contributed by atoms with van der Waals surface area (Å²) < 4.78 is 0. The van der Waals surface area contributed by atoms with E-state index in [0.717, 1.165) is 18.5 Å². The molecule has 26 heavy (non-hydrogen) atoms. The van der Waals surface area contributed by atoms with E-state index in [2.05, 4.69) is 46.8 Å². The predicted octanol–water partition coefficient (Wildman–Crippen LogP) is 1.55. The van der Waals surface area contributed by atoms with Crippen LogP contribution < -0.4 is 10.6 Å². The van der Waals surface area contributed by atoms with Crippen LogP contribution in [0.3, 0.4) is 0 Å². The van der Waals surface area contributed by atoms with Crippen LogP contribution in [0.4, 0.5) is 0 Å². The highest BCUT2D eigenvalue weighted by atomic mass is 16.2. The van der Waals surface area contributed by atoms with Gasteiger partial charge in [0.25, 0.3) is 5.91 Å². The number of carbonyl (C=O) groups is 2. The molecular weight excluding hydrogens is 328 g/mol. The van der Waals surface area contributed by atoms with Gasteiger partial charge in [0.15, 0.2) is 0 Å². The molecule has 2 aromatic rings. The van der Waals surface area contributed by atoms with E-state index >= 15 is 0 Å². The Labute approximate surface area is 153 Å². The van der Waals surface area contributed by atoms with Crippen molar-refractivity contribution in [3.8, 4) is 0 Å². The highest BCUT2D eigenvalue weighted by molar-refractivity contribution is 5.94. The van der Waals surface area contributed by atoms with Crippen molar-refractivity contribution in [1.82, 2.24) is 20.5 Å². The zero-order valence-corrected chi connectivity index (χ0v) is 14.9. The SMILES string of the molecule is CCc1ccc(C2CNCCN2C(=O)CNC(=O)c2ccccn2)cc1. The zero-order chi connectivity index (χ0) is 18.4. The summed E-state index contributed by atoms with van der Waals surface area (Å²) in [5.74, 6) is -0.418. The number of aromatic nitrogens is 1. The van der Waals surface area contributed by atoms with Gasteiger partial charge in [-0.15, -0.1) is 0 Å². The molecule has 6 heteroatoms. The molecule has 0 aliphatic carbocycles. The minimum absolute atomic E-state index is 0.0195. The average Bonchev–Trinajstić information content (AvgIpc) is 2.72. The van der Waals surface area contributed by atoms with Crippen LogP contribution in [-0.2, 0) is 11.2 Å². The smallest absolute Gasteiger partial charge is 0.270 e. The monoisotopic (exact) mass is 352 g/mol. The van der Waals surface area contributed by atoms with Crippen molar-refractivity contribution in [2.75, 3.05) is 26.2 Å². The van der Waals surface area contributed by atoms with Gasteiger partial charge in [-0.2, -0.15) is 0 Å². The van der Waals surface area contributed by atoms with Crippen molar-refractivity contribution in [2.45, 2.75) is 19.4 Å². The Bertz CT molecular complexity index is 746. The Hall–Kier alpha value is -2.73. The molecule has 1 atom stereocenters. The maximum atomic E-state index is 12.7. The Morgan fingerprint density at radius 3 is 2.73 bits per heavy atom. The average molecular weight is 352 g/mol. The highest BCUT2D eigenvalue weighted by Gasteiger charge is 2.27. The number of carbonyl (C=O) groups excluding carboxylic acids is 2. The Morgan fingerprint density at radius 1 is 1.23 bits per heavy atom. The minimum atomic E-state index is -0.335. The van der Waals surface area contributed by atoms with Crippen LogP contribution in [0.25, 0.3) is 0 Å². The number of hydrogen-bond acceptors (Lipinski definition) is 4. The van der Waals surface area contributed by atoms with Gasteiger partial charge in [-0.3, -0.25) is 14.6 Å². The van der Waals surface area contributed by atoms with E-state index < -0.39 is 0 Å². The summed E-state index contributed by atoms with van der Waals surface area (Å²) >= 11 is 0. The quantitative estimate of drug-likeness (QED) is 0.856. The molecule has 1 aliphatic rings. The summed E-state index contributed by atoms with van der Waals surface area (Å²) in [6, 6.07) is 13.5. The lowest BCUT2D eigenvalue weighted by Crippen LogP contribution is -2.51. The molecule has 1 fully saturated rings. The summed E-state index contributed by atoms with van der Waals surface area (Å²) in [6.45, 7) is 4.18. The van der Waals surface area contributed by atoms with E-state index in [0.29, 0.717) is 18.8 Å². The van der Waals surface area contributed by atoms with Crippen molar-refractivity contribution < 1.29 is 9.59 Å². The second-order valence-electron chi connectivity index (χ2n) is 6.30.